The van der Waals surface area contributed by atoms with Crippen molar-refractivity contribution in [2.24, 2.45) is 17.6 Å². The highest BCUT2D eigenvalue weighted by molar-refractivity contribution is 5.85. The lowest BCUT2D eigenvalue weighted by molar-refractivity contribution is -0.140. The van der Waals surface area contributed by atoms with Gasteiger partial charge in [0.05, 0.1) is 6.04 Å². The van der Waals surface area contributed by atoms with Crippen LogP contribution in [0.5, 0.6) is 0 Å². The number of rotatable bonds is 6. The molecule has 2 aliphatic rings. The zero-order valence-electron chi connectivity index (χ0n) is 15.2. The van der Waals surface area contributed by atoms with Gasteiger partial charge in [-0.05, 0) is 24.7 Å². The van der Waals surface area contributed by atoms with Crippen molar-refractivity contribution in [2.75, 3.05) is 26.2 Å². The van der Waals surface area contributed by atoms with Crippen LogP contribution in [0.15, 0.2) is 0 Å². The smallest absolute Gasteiger partial charge is 0.239 e. The van der Waals surface area contributed by atoms with Crippen molar-refractivity contribution in [2.45, 2.75) is 64.8 Å². The molecule has 0 aromatic carbocycles. The number of nitrogens with two attached hydrogens (primary N) is 1. The average molecular weight is 360 g/mol. The lowest BCUT2D eigenvalue weighted by Crippen LogP contribution is -2.54. The molecular formula is C18H34ClN3O2. The molecule has 1 aliphatic heterocycles. The molecule has 2 amide bonds. The molecule has 5 nitrogen and oxygen atoms in total. The maximum atomic E-state index is 12.3. The van der Waals surface area contributed by atoms with Crippen molar-refractivity contribution in [3.8, 4) is 0 Å². The molecule has 1 atom stereocenters. The summed E-state index contributed by atoms with van der Waals surface area (Å²) in [5.41, 5.74) is 5.99. The molecular weight excluding hydrogens is 326 g/mol. The number of halogens is 1. The molecule has 1 heterocycles. The molecule has 2 N–H and O–H groups in total. The van der Waals surface area contributed by atoms with E-state index in [-0.39, 0.29) is 24.2 Å². The molecule has 0 aromatic heterocycles. The predicted octanol–water partition coefficient (Wildman–Crippen LogP) is 2.42. The van der Waals surface area contributed by atoms with Gasteiger partial charge in [-0.1, -0.05) is 39.5 Å². The van der Waals surface area contributed by atoms with Gasteiger partial charge in [0.1, 0.15) is 0 Å². The fourth-order valence-corrected chi connectivity index (χ4v) is 3.80. The molecule has 1 saturated carbocycles. The second-order valence-electron chi connectivity index (χ2n) is 7.63. The van der Waals surface area contributed by atoms with Gasteiger partial charge in [-0.25, -0.2) is 0 Å². The quantitative estimate of drug-likeness (QED) is 0.792. The third-order valence-electron chi connectivity index (χ3n) is 5.23. The summed E-state index contributed by atoms with van der Waals surface area (Å²) >= 11 is 0. The number of carbonyl (C=O) groups is 2. The third kappa shape index (κ3) is 6.25. The minimum atomic E-state index is -0.403. The van der Waals surface area contributed by atoms with E-state index in [1.165, 1.54) is 25.7 Å². The van der Waals surface area contributed by atoms with Gasteiger partial charge >= 0.3 is 0 Å². The molecule has 1 saturated heterocycles. The summed E-state index contributed by atoms with van der Waals surface area (Å²) in [7, 11) is 0. The summed E-state index contributed by atoms with van der Waals surface area (Å²) in [6.07, 6.45) is 7.68. The van der Waals surface area contributed by atoms with Crippen molar-refractivity contribution in [3.05, 3.63) is 0 Å². The first-order valence-electron chi connectivity index (χ1n) is 9.29. The fourth-order valence-electron chi connectivity index (χ4n) is 3.80. The number of hydrogen-bond acceptors (Lipinski definition) is 3. The van der Waals surface area contributed by atoms with E-state index in [2.05, 4.69) is 13.8 Å². The normalized spacial score (nSPS) is 20.2. The summed E-state index contributed by atoms with van der Waals surface area (Å²) in [5.74, 6) is 1.48. The van der Waals surface area contributed by atoms with Gasteiger partial charge in [0, 0.05) is 32.6 Å². The first kappa shape index (κ1) is 21.2. The Morgan fingerprint density at radius 1 is 1.04 bits per heavy atom. The van der Waals surface area contributed by atoms with Crippen LogP contribution >= 0.6 is 12.4 Å². The lowest BCUT2D eigenvalue weighted by atomic mass is 10.0. The van der Waals surface area contributed by atoms with Gasteiger partial charge in [-0.15, -0.1) is 12.4 Å². The molecule has 1 aliphatic carbocycles. The molecule has 0 spiro atoms. The highest BCUT2D eigenvalue weighted by atomic mass is 35.5. The number of nitrogens with zero attached hydrogens (tertiary/aromatic N) is 2. The predicted molar refractivity (Wildman–Crippen MR) is 99.0 cm³/mol. The van der Waals surface area contributed by atoms with Crippen molar-refractivity contribution >= 4 is 24.2 Å². The lowest BCUT2D eigenvalue weighted by Gasteiger charge is -2.36. The second kappa shape index (κ2) is 10.2. The molecule has 0 bridgehead atoms. The minimum Gasteiger partial charge on any atom is -0.339 e. The van der Waals surface area contributed by atoms with E-state index in [4.69, 9.17) is 5.73 Å². The van der Waals surface area contributed by atoms with E-state index in [1.54, 1.807) is 0 Å². The van der Waals surface area contributed by atoms with Gasteiger partial charge in [0.2, 0.25) is 11.8 Å². The zero-order chi connectivity index (χ0) is 16.8. The van der Waals surface area contributed by atoms with E-state index < -0.39 is 6.04 Å². The summed E-state index contributed by atoms with van der Waals surface area (Å²) in [5, 5.41) is 0. The molecule has 140 valence electrons. The molecule has 2 rings (SSSR count). The van der Waals surface area contributed by atoms with Crippen LogP contribution in [0.25, 0.3) is 0 Å². The largest absolute Gasteiger partial charge is 0.339 e. The van der Waals surface area contributed by atoms with E-state index in [0.717, 1.165) is 18.8 Å². The summed E-state index contributed by atoms with van der Waals surface area (Å²) < 4.78 is 0. The van der Waals surface area contributed by atoms with Gasteiger partial charge in [-0.2, -0.15) is 0 Å². The Hall–Kier alpha value is -0.810. The minimum absolute atomic E-state index is 0. The van der Waals surface area contributed by atoms with Crippen LogP contribution in [-0.2, 0) is 9.59 Å². The van der Waals surface area contributed by atoms with Crippen LogP contribution in [0.2, 0.25) is 0 Å². The first-order valence-corrected chi connectivity index (χ1v) is 9.29. The Bertz CT molecular complexity index is 403. The Morgan fingerprint density at radius 3 is 2.12 bits per heavy atom. The summed E-state index contributed by atoms with van der Waals surface area (Å²) in [6, 6.07) is -0.403. The maximum Gasteiger partial charge on any atom is 0.239 e. The van der Waals surface area contributed by atoms with Crippen LogP contribution in [0, 0.1) is 11.8 Å². The Balaban J connectivity index is 0.00000288. The molecule has 0 aromatic rings. The molecule has 0 unspecified atom stereocenters. The van der Waals surface area contributed by atoms with E-state index >= 15 is 0 Å². The third-order valence-corrected chi connectivity index (χ3v) is 5.23. The van der Waals surface area contributed by atoms with E-state index in [0.29, 0.717) is 38.5 Å². The van der Waals surface area contributed by atoms with Gasteiger partial charge < -0.3 is 15.5 Å². The highest BCUT2D eigenvalue weighted by Gasteiger charge is 2.27. The first-order chi connectivity index (χ1) is 11.0. The second-order valence-corrected chi connectivity index (χ2v) is 7.63. The number of carbonyl (C=O) groups excluding carboxylic acids is 2. The highest BCUT2D eigenvalue weighted by Crippen LogP contribution is 2.28. The molecule has 24 heavy (non-hydrogen) atoms. The molecule has 2 fully saturated rings. The topological polar surface area (TPSA) is 66.6 Å². The van der Waals surface area contributed by atoms with Gasteiger partial charge in [0.25, 0.3) is 0 Å². The Kier molecular flexibility index (Phi) is 9.06. The van der Waals surface area contributed by atoms with Crippen LogP contribution < -0.4 is 5.73 Å². The average Bonchev–Trinajstić information content (AvgIpc) is 3.04. The van der Waals surface area contributed by atoms with E-state index in [9.17, 15) is 9.59 Å². The van der Waals surface area contributed by atoms with Gasteiger partial charge in [-0.3, -0.25) is 9.59 Å². The van der Waals surface area contributed by atoms with Crippen LogP contribution in [0.3, 0.4) is 0 Å². The molecule has 6 heteroatoms. The van der Waals surface area contributed by atoms with Gasteiger partial charge in [0.15, 0.2) is 0 Å². The molecule has 0 radical (unpaired) electrons. The van der Waals surface area contributed by atoms with Crippen molar-refractivity contribution in [1.29, 1.82) is 0 Å². The van der Waals surface area contributed by atoms with Crippen LogP contribution in [0.4, 0.5) is 0 Å². The standard InChI is InChI=1S/C18H33N3O2.ClH/c1-14(2)13-16(19)18(23)21-11-9-20(10-12-21)17(22)8-7-15-5-3-4-6-15;/h14-16H,3-13,19H2,1-2H3;1H/t16-;/m0./s1. The van der Waals surface area contributed by atoms with Crippen molar-refractivity contribution in [3.63, 3.8) is 0 Å². The fraction of sp³-hybridized carbons (Fsp3) is 0.889. The Morgan fingerprint density at radius 2 is 1.58 bits per heavy atom. The maximum absolute atomic E-state index is 12.3. The number of hydrogen-bond donors (Lipinski definition) is 1. The van der Waals surface area contributed by atoms with Crippen LogP contribution in [-0.4, -0.2) is 53.8 Å². The summed E-state index contributed by atoms with van der Waals surface area (Å²) in [4.78, 5) is 28.4. The monoisotopic (exact) mass is 359 g/mol. The zero-order valence-corrected chi connectivity index (χ0v) is 16.0. The SMILES string of the molecule is CC(C)C[C@H](N)C(=O)N1CCN(C(=O)CCC2CCCC2)CC1.Cl. The number of piperazine rings is 1. The van der Waals surface area contributed by atoms with Crippen molar-refractivity contribution in [1.82, 2.24) is 9.80 Å². The summed E-state index contributed by atoms with van der Waals surface area (Å²) in [6.45, 7) is 6.72. The van der Waals surface area contributed by atoms with E-state index in [1.807, 2.05) is 9.80 Å². The number of amides is 2. The van der Waals surface area contributed by atoms with Crippen molar-refractivity contribution < 1.29 is 9.59 Å². The van der Waals surface area contributed by atoms with Crippen LogP contribution in [0.1, 0.15) is 58.8 Å². The Labute approximate surface area is 152 Å².